The fraction of sp³-hybridized carbons (Fsp3) is 0.320. The van der Waals surface area contributed by atoms with E-state index in [-0.39, 0.29) is 18.1 Å². The van der Waals surface area contributed by atoms with E-state index in [0.717, 1.165) is 45.5 Å². The third-order valence-electron chi connectivity index (χ3n) is 5.64. The Kier molecular flexibility index (Phi) is 5.87. The predicted octanol–water partition coefficient (Wildman–Crippen LogP) is 4.56. The monoisotopic (exact) mass is 446 g/mol. The van der Waals surface area contributed by atoms with Gasteiger partial charge in [-0.3, -0.25) is 14.7 Å². The predicted molar refractivity (Wildman–Crippen MR) is 128 cm³/mol. The minimum atomic E-state index is -0.185. The molecule has 1 aromatic carbocycles. The van der Waals surface area contributed by atoms with Crippen LogP contribution < -0.4 is 5.32 Å². The maximum absolute atomic E-state index is 13.0. The second kappa shape index (κ2) is 8.94. The van der Waals surface area contributed by atoms with E-state index in [4.69, 9.17) is 9.72 Å². The first-order chi connectivity index (χ1) is 15.6. The van der Waals surface area contributed by atoms with Crippen LogP contribution in [0.5, 0.6) is 0 Å². The Balaban J connectivity index is 1.42. The quantitative estimate of drug-likeness (QED) is 0.487. The van der Waals surface area contributed by atoms with Gasteiger partial charge in [-0.05, 0) is 32.0 Å². The van der Waals surface area contributed by atoms with Crippen LogP contribution in [0.4, 0.5) is 0 Å². The van der Waals surface area contributed by atoms with Crippen LogP contribution in [0.15, 0.2) is 54.7 Å². The Morgan fingerprint density at radius 1 is 1.22 bits per heavy atom. The topological polar surface area (TPSA) is 67.4 Å². The van der Waals surface area contributed by atoms with Gasteiger partial charge in [0.2, 0.25) is 0 Å². The molecule has 1 aliphatic rings. The van der Waals surface area contributed by atoms with E-state index in [9.17, 15) is 4.79 Å². The molecule has 0 unspecified atom stereocenters. The number of nitrogens with zero attached hydrogens (tertiary/aromatic N) is 3. The van der Waals surface area contributed by atoms with Gasteiger partial charge in [0.15, 0.2) is 0 Å². The molecule has 1 N–H and O–H groups in total. The Bertz CT molecular complexity index is 1270. The molecule has 164 valence electrons. The molecule has 1 aliphatic heterocycles. The summed E-state index contributed by atoms with van der Waals surface area (Å²) in [5, 5.41) is 5.18. The number of amides is 1. The van der Waals surface area contributed by atoms with Gasteiger partial charge in [0, 0.05) is 48.2 Å². The first-order valence-corrected chi connectivity index (χ1v) is 11.8. The van der Waals surface area contributed by atoms with E-state index in [2.05, 4.69) is 33.4 Å². The maximum Gasteiger partial charge on any atom is 0.262 e. The summed E-state index contributed by atoms with van der Waals surface area (Å²) in [4.78, 5) is 26.2. The average Bonchev–Trinajstić information content (AvgIpc) is 3.19. The van der Waals surface area contributed by atoms with Gasteiger partial charge in [0.25, 0.3) is 5.91 Å². The number of para-hydroxylation sites is 1. The number of pyridine rings is 2. The number of carbonyl (C=O) groups is 1. The van der Waals surface area contributed by atoms with Crippen molar-refractivity contribution in [2.24, 2.45) is 0 Å². The van der Waals surface area contributed by atoms with Crippen molar-refractivity contribution in [3.8, 4) is 0 Å². The summed E-state index contributed by atoms with van der Waals surface area (Å²) in [5.74, 6) is -0.0603. The van der Waals surface area contributed by atoms with Gasteiger partial charge in [-0.1, -0.05) is 30.3 Å². The van der Waals surface area contributed by atoms with Crippen molar-refractivity contribution < 1.29 is 9.53 Å². The molecule has 6 nitrogen and oxygen atoms in total. The summed E-state index contributed by atoms with van der Waals surface area (Å²) in [7, 11) is 0. The first-order valence-electron chi connectivity index (χ1n) is 11.0. The van der Waals surface area contributed by atoms with E-state index in [0.29, 0.717) is 18.0 Å². The fourth-order valence-corrected chi connectivity index (χ4v) is 5.31. The normalized spacial score (nSPS) is 17.3. The minimum absolute atomic E-state index is 0.0603. The summed E-state index contributed by atoms with van der Waals surface area (Å²) in [6.45, 7) is 6.84. The number of hydrogen-bond donors (Lipinski definition) is 1. The summed E-state index contributed by atoms with van der Waals surface area (Å²) in [6.07, 6.45) is 1.58. The zero-order valence-corrected chi connectivity index (χ0v) is 19.1. The third kappa shape index (κ3) is 4.24. The van der Waals surface area contributed by atoms with Gasteiger partial charge in [-0.2, -0.15) is 0 Å². The number of thiophene rings is 1. The van der Waals surface area contributed by atoms with Crippen LogP contribution in [0.25, 0.3) is 21.1 Å². The first kappa shape index (κ1) is 21.0. The van der Waals surface area contributed by atoms with Gasteiger partial charge in [0.1, 0.15) is 9.71 Å². The number of ether oxygens (including phenoxy) is 1. The zero-order valence-electron chi connectivity index (χ0n) is 18.2. The number of morpholine rings is 1. The molecule has 5 rings (SSSR count). The van der Waals surface area contributed by atoms with E-state index >= 15 is 0 Å². The number of rotatable bonds is 5. The lowest BCUT2D eigenvalue weighted by Crippen LogP contribution is -2.39. The van der Waals surface area contributed by atoms with Gasteiger partial charge in [0.05, 0.1) is 23.9 Å². The standard InChI is InChI=1S/C25H26N4O2S/c1-16(2)27-24(30)23-22(19-7-5-11-26-25(19)32-23)21-15-29(12-13-31-21)14-18-10-9-17-6-3-4-8-20(17)28-18/h3-11,16,21H,12-15H2,1-2H3,(H,27,30)/t21-/m1/s1. The Labute approximate surface area is 191 Å². The van der Waals surface area contributed by atoms with Crippen LogP contribution in [0.1, 0.15) is 40.9 Å². The van der Waals surface area contributed by atoms with Crippen LogP contribution in [0.2, 0.25) is 0 Å². The zero-order chi connectivity index (χ0) is 22.1. The molecular formula is C25H26N4O2S. The number of fused-ring (bicyclic) bond motifs is 2. The second-order valence-corrected chi connectivity index (χ2v) is 9.42. The van der Waals surface area contributed by atoms with Crippen LogP contribution in [0, 0.1) is 0 Å². The van der Waals surface area contributed by atoms with E-state index < -0.39 is 0 Å². The maximum atomic E-state index is 13.0. The van der Waals surface area contributed by atoms with E-state index in [1.807, 2.05) is 44.2 Å². The summed E-state index contributed by atoms with van der Waals surface area (Å²) in [6, 6.07) is 16.4. The molecule has 7 heteroatoms. The highest BCUT2D eigenvalue weighted by atomic mass is 32.1. The number of aromatic nitrogens is 2. The van der Waals surface area contributed by atoms with E-state index in [1.165, 1.54) is 11.3 Å². The summed E-state index contributed by atoms with van der Waals surface area (Å²) < 4.78 is 6.20. The molecule has 1 atom stereocenters. The number of hydrogen-bond acceptors (Lipinski definition) is 6. The average molecular weight is 447 g/mol. The van der Waals surface area contributed by atoms with Crippen LogP contribution in [-0.4, -0.2) is 46.5 Å². The van der Waals surface area contributed by atoms with Crippen LogP contribution in [-0.2, 0) is 11.3 Å². The molecule has 4 heterocycles. The smallest absolute Gasteiger partial charge is 0.262 e. The number of carbonyl (C=O) groups excluding carboxylic acids is 1. The molecule has 3 aromatic heterocycles. The number of benzene rings is 1. The molecule has 1 fully saturated rings. The molecule has 1 saturated heterocycles. The van der Waals surface area contributed by atoms with E-state index in [1.54, 1.807) is 6.20 Å². The van der Waals surface area contributed by atoms with Crippen LogP contribution in [0.3, 0.4) is 0 Å². The molecule has 0 aliphatic carbocycles. The highest BCUT2D eigenvalue weighted by Crippen LogP contribution is 2.37. The molecular weight excluding hydrogens is 420 g/mol. The summed E-state index contributed by atoms with van der Waals surface area (Å²) in [5.41, 5.74) is 3.00. The second-order valence-electron chi connectivity index (χ2n) is 8.42. The Morgan fingerprint density at radius 2 is 2.09 bits per heavy atom. The molecule has 32 heavy (non-hydrogen) atoms. The molecule has 0 saturated carbocycles. The van der Waals surface area contributed by atoms with Gasteiger partial charge >= 0.3 is 0 Å². The Morgan fingerprint density at radius 3 is 2.97 bits per heavy atom. The third-order valence-corrected chi connectivity index (χ3v) is 6.77. The number of nitrogens with one attached hydrogen (secondary N) is 1. The van der Waals surface area contributed by atoms with Gasteiger partial charge in [-0.25, -0.2) is 4.98 Å². The SMILES string of the molecule is CC(C)NC(=O)c1sc2ncccc2c1[C@H]1CN(Cc2ccc3ccccc3n2)CCO1. The molecule has 1 amide bonds. The highest BCUT2D eigenvalue weighted by molar-refractivity contribution is 7.20. The van der Waals surface area contributed by atoms with Crippen molar-refractivity contribution in [3.05, 3.63) is 70.9 Å². The summed E-state index contributed by atoms with van der Waals surface area (Å²) >= 11 is 1.44. The lowest BCUT2D eigenvalue weighted by Gasteiger charge is -2.33. The molecule has 0 spiro atoms. The molecule has 0 bridgehead atoms. The highest BCUT2D eigenvalue weighted by Gasteiger charge is 2.30. The lowest BCUT2D eigenvalue weighted by molar-refractivity contribution is -0.0326. The van der Waals surface area contributed by atoms with Crippen molar-refractivity contribution in [3.63, 3.8) is 0 Å². The van der Waals surface area contributed by atoms with Gasteiger partial charge < -0.3 is 10.1 Å². The molecule has 0 radical (unpaired) electrons. The van der Waals surface area contributed by atoms with Crippen LogP contribution >= 0.6 is 11.3 Å². The largest absolute Gasteiger partial charge is 0.371 e. The van der Waals surface area contributed by atoms with Crippen molar-refractivity contribution in [2.75, 3.05) is 19.7 Å². The van der Waals surface area contributed by atoms with Crippen molar-refractivity contribution in [2.45, 2.75) is 32.5 Å². The Hall–Kier alpha value is -2.87. The lowest BCUT2D eigenvalue weighted by atomic mass is 10.0. The van der Waals surface area contributed by atoms with Crippen molar-refractivity contribution in [1.82, 2.24) is 20.2 Å². The van der Waals surface area contributed by atoms with Gasteiger partial charge in [-0.15, -0.1) is 11.3 Å². The molecule has 4 aromatic rings. The van der Waals surface area contributed by atoms with Crippen molar-refractivity contribution in [1.29, 1.82) is 0 Å². The fourth-order valence-electron chi connectivity index (χ4n) is 4.21. The minimum Gasteiger partial charge on any atom is -0.371 e. The van der Waals surface area contributed by atoms with Crippen molar-refractivity contribution >= 4 is 38.4 Å².